The van der Waals surface area contributed by atoms with Crippen molar-refractivity contribution in [2.24, 2.45) is 5.92 Å². The number of amides is 1. The van der Waals surface area contributed by atoms with Gasteiger partial charge in [-0.1, -0.05) is 6.92 Å². The van der Waals surface area contributed by atoms with Gasteiger partial charge in [0.1, 0.15) is 0 Å². The first-order chi connectivity index (χ1) is 6.21. The number of hydrogen-bond donors (Lipinski definition) is 0. The van der Waals surface area contributed by atoms with Crippen LogP contribution in [0.1, 0.15) is 33.6 Å². The zero-order chi connectivity index (χ0) is 10.3. The molecule has 0 bridgehead atoms. The topological polar surface area (TPSA) is 20.3 Å². The Morgan fingerprint density at radius 3 is 2.23 bits per heavy atom. The largest absolute Gasteiger partial charge is 0.343 e. The van der Waals surface area contributed by atoms with Crippen molar-refractivity contribution >= 4 is 5.91 Å². The van der Waals surface area contributed by atoms with Gasteiger partial charge in [-0.15, -0.1) is 12.3 Å². The lowest BCUT2D eigenvalue weighted by atomic mass is 10.0. The van der Waals surface area contributed by atoms with E-state index in [1.54, 1.807) is 0 Å². The average molecular weight is 181 g/mol. The first kappa shape index (κ1) is 12.0. The van der Waals surface area contributed by atoms with Gasteiger partial charge in [-0.25, -0.2) is 0 Å². The summed E-state index contributed by atoms with van der Waals surface area (Å²) in [7, 11) is 0. The predicted molar refractivity (Wildman–Crippen MR) is 55.2 cm³/mol. The molecule has 1 amide bonds. The molecule has 1 atom stereocenters. The van der Waals surface area contributed by atoms with Crippen LogP contribution in [-0.4, -0.2) is 23.9 Å². The fourth-order valence-electron chi connectivity index (χ4n) is 1.34. The predicted octanol–water partition coefficient (Wildman–Crippen LogP) is 1.90. The average Bonchev–Trinajstić information content (AvgIpc) is 2.15. The highest BCUT2D eigenvalue weighted by Crippen LogP contribution is 2.11. The van der Waals surface area contributed by atoms with E-state index in [-0.39, 0.29) is 11.8 Å². The molecule has 1 unspecified atom stereocenters. The highest BCUT2D eigenvalue weighted by atomic mass is 16.2. The summed E-state index contributed by atoms with van der Waals surface area (Å²) in [4.78, 5) is 13.6. The minimum absolute atomic E-state index is 0.0184. The molecule has 13 heavy (non-hydrogen) atoms. The number of rotatable bonds is 5. The van der Waals surface area contributed by atoms with Crippen molar-refractivity contribution in [3.8, 4) is 12.3 Å². The standard InChI is InChI=1S/C11H19NO/c1-5-9-10(6-2)11(13)12(7-3)8-4/h1,10H,6-9H2,2-4H3. The van der Waals surface area contributed by atoms with Crippen LogP contribution in [-0.2, 0) is 4.79 Å². The lowest BCUT2D eigenvalue weighted by Crippen LogP contribution is -2.35. The van der Waals surface area contributed by atoms with E-state index in [1.165, 1.54) is 0 Å². The first-order valence-corrected chi connectivity index (χ1v) is 4.93. The number of terminal acetylenes is 1. The van der Waals surface area contributed by atoms with E-state index in [0.717, 1.165) is 19.5 Å². The van der Waals surface area contributed by atoms with E-state index in [4.69, 9.17) is 6.42 Å². The highest BCUT2D eigenvalue weighted by molar-refractivity contribution is 5.79. The first-order valence-electron chi connectivity index (χ1n) is 4.93. The molecule has 0 N–H and O–H groups in total. The van der Waals surface area contributed by atoms with Gasteiger partial charge >= 0.3 is 0 Å². The Morgan fingerprint density at radius 2 is 1.92 bits per heavy atom. The van der Waals surface area contributed by atoms with Gasteiger partial charge in [0.25, 0.3) is 0 Å². The molecule has 0 spiro atoms. The minimum Gasteiger partial charge on any atom is -0.343 e. The third-order valence-electron chi connectivity index (χ3n) is 2.28. The van der Waals surface area contributed by atoms with E-state index in [2.05, 4.69) is 5.92 Å². The normalized spacial score (nSPS) is 11.8. The van der Waals surface area contributed by atoms with Crippen molar-refractivity contribution < 1.29 is 4.79 Å². The maximum Gasteiger partial charge on any atom is 0.226 e. The summed E-state index contributed by atoms with van der Waals surface area (Å²) in [6, 6.07) is 0. The SMILES string of the molecule is C#CCC(CC)C(=O)N(CC)CC. The van der Waals surface area contributed by atoms with E-state index >= 15 is 0 Å². The quantitative estimate of drug-likeness (QED) is 0.593. The van der Waals surface area contributed by atoms with Crippen LogP contribution < -0.4 is 0 Å². The second-order valence-corrected chi connectivity index (χ2v) is 3.02. The summed E-state index contributed by atoms with van der Waals surface area (Å²) in [6.07, 6.45) is 6.60. The Kier molecular flexibility index (Phi) is 6.05. The molecule has 0 radical (unpaired) electrons. The molecule has 0 rings (SSSR count). The fourth-order valence-corrected chi connectivity index (χ4v) is 1.34. The van der Waals surface area contributed by atoms with Gasteiger partial charge in [0.05, 0.1) is 0 Å². The monoisotopic (exact) mass is 181 g/mol. The number of hydrogen-bond acceptors (Lipinski definition) is 1. The van der Waals surface area contributed by atoms with Gasteiger partial charge in [0.15, 0.2) is 0 Å². The molecule has 0 saturated heterocycles. The van der Waals surface area contributed by atoms with E-state index < -0.39 is 0 Å². The van der Waals surface area contributed by atoms with E-state index in [1.807, 2.05) is 25.7 Å². The van der Waals surface area contributed by atoms with Crippen molar-refractivity contribution in [3.05, 3.63) is 0 Å². The number of carbonyl (C=O) groups is 1. The molecule has 0 aromatic carbocycles. The Labute approximate surface area is 81.3 Å². The summed E-state index contributed by atoms with van der Waals surface area (Å²) < 4.78 is 0. The highest BCUT2D eigenvalue weighted by Gasteiger charge is 2.19. The Hall–Kier alpha value is -0.970. The summed E-state index contributed by atoms with van der Waals surface area (Å²) in [5, 5.41) is 0. The third kappa shape index (κ3) is 3.50. The third-order valence-corrected chi connectivity index (χ3v) is 2.28. The molecular weight excluding hydrogens is 162 g/mol. The van der Waals surface area contributed by atoms with Crippen LogP contribution in [0.15, 0.2) is 0 Å². The van der Waals surface area contributed by atoms with Crippen molar-refractivity contribution in [2.45, 2.75) is 33.6 Å². The van der Waals surface area contributed by atoms with Crippen molar-refractivity contribution in [3.63, 3.8) is 0 Å². The van der Waals surface area contributed by atoms with Gasteiger partial charge in [-0.2, -0.15) is 0 Å². The maximum atomic E-state index is 11.8. The molecule has 0 aromatic heterocycles. The van der Waals surface area contributed by atoms with Crippen molar-refractivity contribution in [1.29, 1.82) is 0 Å². The van der Waals surface area contributed by atoms with E-state index in [0.29, 0.717) is 6.42 Å². The van der Waals surface area contributed by atoms with E-state index in [9.17, 15) is 4.79 Å². The van der Waals surface area contributed by atoms with Crippen LogP contribution in [0.4, 0.5) is 0 Å². The van der Waals surface area contributed by atoms with Gasteiger partial charge in [-0.05, 0) is 20.3 Å². The van der Waals surface area contributed by atoms with Gasteiger partial charge in [0, 0.05) is 25.4 Å². The number of carbonyl (C=O) groups excluding carboxylic acids is 1. The van der Waals surface area contributed by atoms with Crippen LogP contribution in [0.5, 0.6) is 0 Å². The lowest BCUT2D eigenvalue weighted by Gasteiger charge is -2.23. The molecule has 2 nitrogen and oxygen atoms in total. The number of nitrogens with zero attached hydrogens (tertiary/aromatic N) is 1. The Balaban J connectivity index is 4.26. The van der Waals surface area contributed by atoms with Crippen LogP contribution >= 0.6 is 0 Å². The lowest BCUT2D eigenvalue weighted by molar-refractivity contribution is -0.135. The van der Waals surface area contributed by atoms with Gasteiger partial charge < -0.3 is 4.90 Å². The molecule has 0 saturated carbocycles. The second kappa shape index (κ2) is 6.54. The molecule has 2 heteroatoms. The zero-order valence-corrected chi connectivity index (χ0v) is 8.84. The molecule has 0 fully saturated rings. The Bertz CT molecular complexity index is 189. The Morgan fingerprint density at radius 1 is 1.38 bits per heavy atom. The zero-order valence-electron chi connectivity index (χ0n) is 8.84. The molecule has 0 heterocycles. The summed E-state index contributed by atoms with van der Waals surface area (Å²) in [5.41, 5.74) is 0. The van der Waals surface area contributed by atoms with Crippen molar-refractivity contribution in [2.75, 3.05) is 13.1 Å². The van der Waals surface area contributed by atoms with Crippen LogP contribution in [0.3, 0.4) is 0 Å². The van der Waals surface area contributed by atoms with Gasteiger partial charge in [0.2, 0.25) is 5.91 Å². The van der Waals surface area contributed by atoms with Crippen molar-refractivity contribution in [1.82, 2.24) is 4.90 Å². The summed E-state index contributed by atoms with van der Waals surface area (Å²) >= 11 is 0. The second-order valence-electron chi connectivity index (χ2n) is 3.02. The molecule has 0 aliphatic rings. The van der Waals surface area contributed by atoms with Crippen LogP contribution in [0.2, 0.25) is 0 Å². The fraction of sp³-hybridized carbons (Fsp3) is 0.727. The van der Waals surface area contributed by atoms with Crippen LogP contribution in [0, 0.1) is 18.3 Å². The smallest absolute Gasteiger partial charge is 0.226 e. The molecule has 0 aliphatic heterocycles. The molecule has 0 aliphatic carbocycles. The maximum absolute atomic E-state index is 11.8. The minimum atomic E-state index is 0.0184. The molecule has 74 valence electrons. The van der Waals surface area contributed by atoms with Crippen LogP contribution in [0.25, 0.3) is 0 Å². The molecule has 0 aromatic rings. The van der Waals surface area contributed by atoms with Gasteiger partial charge in [-0.3, -0.25) is 4.79 Å². The summed E-state index contributed by atoms with van der Waals surface area (Å²) in [5.74, 6) is 2.77. The summed E-state index contributed by atoms with van der Waals surface area (Å²) in [6.45, 7) is 7.53. The molecular formula is C11H19NO.